The highest BCUT2D eigenvalue weighted by atomic mass is 19.4. The van der Waals surface area contributed by atoms with Gasteiger partial charge in [0.1, 0.15) is 18.1 Å². The fourth-order valence-electron chi connectivity index (χ4n) is 2.19. The maximum absolute atomic E-state index is 12.2. The molecule has 0 saturated heterocycles. The predicted octanol–water partition coefficient (Wildman–Crippen LogP) is 4.38. The summed E-state index contributed by atoms with van der Waals surface area (Å²) in [7, 11) is 1.41. The first kappa shape index (κ1) is 19.5. The molecule has 0 bridgehead atoms. The molecule has 2 aromatic carbocycles. The lowest BCUT2D eigenvalue weighted by atomic mass is 10.1. The van der Waals surface area contributed by atoms with Gasteiger partial charge in [0.2, 0.25) is 0 Å². The highest BCUT2D eigenvalue weighted by Gasteiger charge is 2.27. The third-order valence-corrected chi connectivity index (χ3v) is 3.41. The molecule has 0 aliphatic carbocycles. The van der Waals surface area contributed by atoms with Crippen molar-refractivity contribution < 1.29 is 32.5 Å². The summed E-state index contributed by atoms with van der Waals surface area (Å²) in [5.74, 6) is 0.189. The Bertz CT molecular complexity index is 780. The number of methoxy groups -OCH3 is 1. The van der Waals surface area contributed by atoms with Crippen molar-refractivity contribution in [1.29, 1.82) is 0 Å². The Morgan fingerprint density at radius 1 is 1.15 bits per heavy atom. The van der Waals surface area contributed by atoms with Crippen molar-refractivity contribution in [2.24, 2.45) is 0 Å². The molecule has 2 aromatic rings. The van der Waals surface area contributed by atoms with E-state index in [-0.39, 0.29) is 18.1 Å². The molecule has 4 nitrogen and oxygen atoms in total. The number of phenols is 1. The molecule has 0 aromatic heterocycles. The van der Waals surface area contributed by atoms with Crippen LogP contribution < -0.4 is 4.74 Å². The average molecular weight is 366 g/mol. The van der Waals surface area contributed by atoms with E-state index in [0.717, 1.165) is 0 Å². The lowest BCUT2D eigenvalue weighted by Crippen LogP contribution is -2.16. The first-order chi connectivity index (χ1) is 12.3. The van der Waals surface area contributed by atoms with Crippen molar-refractivity contribution in [1.82, 2.24) is 0 Å². The van der Waals surface area contributed by atoms with Gasteiger partial charge in [-0.15, -0.1) is 0 Å². The number of allylic oxidation sites excluding steroid dienone is 1. The minimum Gasteiger partial charge on any atom is -0.508 e. The molecule has 0 fully saturated rings. The van der Waals surface area contributed by atoms with Gasteiger partial charge in [0, 0.05) is 11.1 Å². The minimum absolute atomic E-state index is 0.0594. The van der Waals surface area contributed by atoms with Crippen LogP contribution in [-0.4, -0.2) is 30.8 Å². The predicted molar refractivity (Wildman–Crippen MR) is 90.2 cm³/mol. The van der Waals surface area contributed by atoms with E-state index in [0.29, 0.717) is 22.4 Å². The van der Waals surface area contributed by atoms with Gasteiger partial charge in [-0.25, -0.2) is 0 Å². The zero-order chi connectivity index (χ0) is 19.2. The van der Waals surface area contributed by atoms with Gasteiger partial charge in [-0.05, 0) is 48.0 Å². The number of aromatic hydroxyl groups is 1. The molecule has 0 atom stereocenters. The van der Waals surface area contributed by atoms with Crippen molar-refractivity contribution in [3.8, 4) is 11.5 Å². The standard InChI is InChI=1S/C19H17F3O4/c1-25-18-9-3-13(10-15(18)11-26-12-19(20,21)22)2-8-17(24)14-4-6-16(23)7-5-14/h2-10,23H,11-12H2,1H3/b8-2+. The smallest absolute Gasteiger partial charge is 0.411 e. The first-order valence-electron chi connectivity index (χ1n) is 7.61. The molecule has 7 heteroatoms. The highest BCUT2D eigenvalue weighted by Crippen LogP contribution is 2.23. The zero-order valence-electron chi connectivity index (χ0n) is 13.9. The number of ether oxygens (including phenoxy) is 2. The Kier molecular flexibility index (Phi) is 6.41. The van der Waals surface area contributed by atoms with Crippen LogP contribution in [0.15, 0.2) is 48.5 Å². The van der Waals surface area contributed by atoms with E-state index in [9.17, 15) is 23.1 Å². The van der Waals surface area contributed by atoms with E-state index in [2.05, 4.69) is 4.74 Å². The lowest BCUT2D eigenvalue weighted by Gasteiger charge is -2.11. The number of benzene rings is 2. The quantitative estimate of drug-likeness (QED) is 0.584. The van der Waals surface area contributed by atoms with Gasteiger partial charge in [0.05, 0.1) is 13.7 Å². The number of phenolic OH excluding ortho intramolecular Hbond substituents is 1. The number of carbonyl (C=O) groups excluding carboxylic acids is 1. The Morgan fingerprint density at radius 3 is 2.46 bits per heavy atom. The number of hydrogen-bond acceptors (Lipinski definition) is 4. The minimum atomic E-state index is -4.40. The molecule has 0 unspecified atom stereocenters. The largest absolute Gasteiger partial charge is 0.508 e. The summed E-state index contributed by atoms with van der Waals surface area (Å²) in [4.78, 5) is 12.1. The first-order valence-corrected chi connectivity index (χ1v) is 7.61. The molecule has 0 radical (unpaired) electrons. The monoisotopic (exact) mass is 366 g/mol. The van der Waals surface area contributed by atoms with Crippen LogP contribution >= 0.6 is 0 Å². The lowest BCUT2D eigenvalue weighted by molar-refractivity contribution is -0.176. The molecule has 0 spiro atoms. The van der Waals surface area contributed by atoms with E-state index in [1.165, 1.54) is 37.5 Å². The van der Waals surface area contributed by atoms with Crippen LogP contribution in [0.25, 0.3) is 6.08 Å². The fraction of sp³-hybridized carbons (Fsp3) is 0.211. The van der Waals surface area contributed by atoms with Crippen molar-refractivity contribution in [3.05, 3.63) is 65.2 Å². The van der Waals surface area contributed by atoms with E-state index in [1.807, 2.05) is 0 Å². The molecule has 0 heterocycles. The van der Waals surface area contributed by atoms with Crippen LogP contribution in [0.1, 0.15) is 21.5 Å². The number of ketones is 1. The second kappa shape index (κ2) is 8.53. The number of alkyl halides is 3. The van der Waals surface area contributed by atoms with Gasteiger partial charge >= 0.3 is 6.18 Å². The van der Waals surface area contributed by atoms with Crippen molar-refractivity contribution in [3.63, 3.8) is 0 Å². The van der Waals surface area contributed by atoms with Crippen LogP contribution in [0.4, 0.5) is 13.2 Å². The second-order valence-electron chi connectivity index (χ2n) is 5.42. The van der Waals surface area contributed by atoms with Crippen LogP contribution in [0, 0.1) is 0 Å². The SMILES string of the molecule is COc1ccc(/C=C/C(=O)c2ccc(O)cc2)cc1COCC(F)(F)F. The summed E-state index contributed by atoms with van der Waals surface area (Å²) < 4.78 is 46.4. The Labute approximate surface area is 148 Å². The Hall–Kier alpha value is -2.80. The van der Waals surface area contributed by atoms with Crippen LogP contribution in [-0.2, 0) is 11.3 Å². The molecule has 1 N–H and O–H groups in total. The number of hydrogen-bond donors (Lipinski definition) is 1. The number of carbonyl (C=O) groups is 1. The van der Waals surface area contributed by atoms with Crippen LogP contribution in [0.2, 0.25) is 0 Å². The number of halogens is 3. The third-order valence-electron chi connectivity index (χ3n) is 3.41. The average Bonchev–Trinajstić information content (AvgIpc) is 2.59. The summed E-state index contributed by atoms with van der Waals surface area (Å²) in [5, 5.41) is 9.22. The Balaban J connectivity index is 2.10. The van der Waals surface area contributed by atoms with E-state index >= 15 is 0 Å². The topological polar surface area (TPSA) is 55.8 Å². The van der Waals surface area contributed by atoms with Crippen molar-refractivity contribution in [2.45, 2.75) is 12.8 Å². The zero-order valence-corrected chi connectivity index (χ0v) is 13.9. The summed E-state index contributed by atoms with van der Waals surface area (Å²) >= 11 is 0. The normalized spacial score (nSPS) is 11.7. The molecule has 138 valence electrons. The maximum atomic E-state index is 12.2. The molecule has 0 aliphatic rings. The van der Waals surface area contributed by atoms with Gasteiger partial charge in [-0.3, -0.25) is 4.79 Å². The molecular weight excluding hydrogens is 349 g/mol. The maximum Gasteiger partial charge on any atom is 0.411 e. The molecule has 0 amide bonds. The fourth-order valence-corrected chi connectivity index (χ4v) is 2.19. The van der Waals surface area contributed by atoms with E-state index in [1.54, 1.807) is 24.3 Å². The highest BCUT2D eigenvalue weighted by molar-refractivity contribution is 6.06. The van der Waals surface area contributed by atoms with Gasteiger partial charge in [-0.1, -0.05) is 12.1 Å². The van der Waals surface area contributed by atoms with Crippen LogP contribution in [0.5, 0.6) is 11.5 Å². The van der Waals surface area contributed by atoms with E-state index < -0.39 is 12.8 Å². The summed E-state index contributed by atoms with van der Waals surface area (Å²) in [6.07, 6.45) is -1.52. The van der Waals surface area contributed by atoms with Crippen molar-refractivity contribution >= 4 is 11.9 Å². The number of rotatable bonds is 7. The Morgan fingerprint density at radius 2 is 1.85 bits per heavy atom. The summed E-state index contributed by atoms with van der Waals surface area (Å²) in [6, 6.07) is 10.7. The van der Waals surface area contributed by atoms with Gasteiger partial charge in [-0.2, -0.15) is 13.2 Å². The molecule has 0 saturated carbocycles. The molecular formula is C19H17F3O4. The second-order valence-corrected chi connectivity index (χ2v) is 5.42. The molecule has 0 aliphatic heterocycles. The summed E-state index contributed by atoms with van der Waals surface area (Å²) in [6.45, 7) is -1.62. The van der Waals surface area contributed by atoms with Gasteiger partial charge < -0.3 is 14.6 Å². The van der Waals surface area contributed by atoms with Gasteiger partial charge in [0.25, 0.3) is 0 Å². The molecule has 2 rings (SSSR count). The van der Waals surface area contributed by atoms with Gasteiger partial charge in [0.15, 0.2) is 5.78 Å². The van der Waals surface area contributed by atoms with Crippen molar-refractivity contribution in [2.75, 3.05) is 13.7 Å². The summed E-state index contributed by atoms with van der Waals surface area (Å²) in [5.41, 5.74) is 1.46. The van der Waals surface area contributed by atoms with E-state index in [4.69, 9.17) is 4.74 Å². The molecule has 26 heavy (non-hydrogen) atoms. The third kappa shape index (κ3) is 5.93. The van der Waals surface area contributed by atoms with Crippen LogP contribution in [0.3, 0.4) is 0 Å².